The Labute approximate surface area is 153 Å². The highest BCUT2D eigenvalue weighted by atomic mass is 16.5. The molecule has 2 aliphatic heterocycles. The number of hydrogen-bond acceptors (Lipinski definition) is 8. The lowest BCUT2D eigenvalue weighted by Gasteiger charge is -2.28. The van der Waals surface area contributed by atoms with E-state index < -0.39 is 0 Å². The molecular weight excluding hydrogens is 330 g/mol. The zero-order valence-corrected chi connectivity index (χ0v) is 15.6. The van der Waals surface area contributed by atoms with Gasteiger partial charge in [0.25, 0.3) is 0 Å². The van der Waals surface area contributed by atoms with Crippen molar-refractivity contribution in [3.8, 4) is 0 Å². The summed E-state index contributed by atoms with van der Waals surface area (Å²) in [6.07, 6.45) is 1.94. The first-order valence-electron chi connectivity index (χ1n) is 8.97. The number of fused-ring (bicyclic) bond motifs is 1. The Bertz CT molecular complexity index is 812. The summed E-state index contributed by atoms with van der Waals surface area (Å²) in [6, 6.07) is 2.01. The molecule has 2 aromatic heterocycles. The fourth-order valence-corrected chi connectivity index (χ4v) is 3.23. The van der Waals surface area contributed by atoms with Crippen molar-refractivity contribution in [2.24, 2.45) is 0 Å². The number of rotatable bonds is 2. The minimum absolute atomic E-state index is 0.0642. The van der Waals surface area contributed by atoms with Crippen LogP contribution in [0.5, 0.6) is 0 Å². The third-order valence-electron chi connectivity index (χ3n) is 4.70. The number of aromatic nitrogens is 4. The molecule has 1 saturated heterocycles. The predicted octanol–water partition coefficient (Wildman–Crippen LogP) is 1.50. The molecule has 4 rings (SSSR count). The van der Waals surface area contributed by atoms with Gasteiger partial charge in [-0.15, -0.1) is 0 Å². The van der Waals surface area contributed by atoms with Crippen molar-refractivity contribution in [2.45, 2.75) is 39.3 Å². The number of anilines is 3. The molecule has 2 aromatic rings. The largest absolute Gasteiger partial charge is 0.378 e. The molecule has 0 aliphatic carbocycles. The molecule has 0 radical (unpaired) electrons. The van der Waals surface area contributed by atoms with Gasteiger partial charge in [0, 0.05) is 42.9 Å². The molecule has 4 heterocycles. The van der Waals surface area contributed by atoms with Gasteiger partial charge in [-0.3, -0.25) is 0 Å². The van der Waals surface area contributed by atoms with Crippen molar-refractivity contribution < 1.29 is 4.74 Å². The van der Waals surface area contributed by atoms with Crippen molar-refractivity contribution in [2.75, 3.05) is 41.8 Å². The lowest BCUT2D eigenvalue weighted by atomic mass is 9.95. The maximum atomic E-state index is 5.99. The molecule has 0 aromatic carbocycles. The van der Waals surface area contributed by atoms with Crippen molar-refractivity contribution in [1.29, 1.82) is 0 Å². The van der Waals surface area contributed by atoms with Crippen LogP contribution in [0.4, 0.5) is 17.6 Å². The van der Waals surface area contributed by atoms with Crippen LogP contribution in [0.3, 0.4) is 0 Å². The summed E-state index contributed by atoms with van der Waals surface area (Å²) in [5.41, 5.74) is 8.13. The minimum atomic E-state index is -0.0642. The van der Waals surface area contributed by atoms with Crippen molar-refractivity contribution >= 4 is 17.6 Å². The molecule has 0 spiro atoms. The third kappa shape index (κ3) is 3.29. The molecule has 0 atom stereocenters. The average molecular weight is 355 g/mol. The molecule has 26 heavy (non-hydrogen) atoms. The van der Waals surface area contributed by atoms with E-state index in [1.807, 2.05) is 12.3 Å². The highest BCUT2D eigenvalue weighted by Gasteiger charge is 2.26. The van der Waals surface area contributed by atoms with Gasteiger partial charge in [-0.25, -0.2) is 9.97 Å². The molecule has 0 amide bonds. The van der Waals surface area contributed by atoms with Crippen LogP contribution in [0.1, 0.15) is 37.9 Å². The molecule has 8 nitrogen and oxygen atoms in total. The molecule has 0 unspecified atom stereocenters. The smallest absolute Gasteiger partial charge is 0.223 e. The van der Waals surface area contributed by atoms with E-state index in [9.17, 15) is 0 Å². The highest BCUT2D eigenvalue weighted by Crippen LogP contribution is 2.29. The van der Waals surface area contributed by atoms with Crippen LogP contribution in [0.2, 0.25) is 0 Å². The first-order valence-corrected chi connectivity index (χ1v) is 8.97. The fraction of sp³-hybridized carbons (Fsp3) is 0.556. The van der Waals surface area contributed by atoms with Crippen LogP contribution in [0.15, 0.2) is 12.3 Å². The molecule has 2 aliphatic rings. The maximum absolute atomic E-state index is 5.99. The Hall–Kier alpha value is -2.48. The lowest BCUT2D eigenvalue weighted by Crippen LogP contribution is -2.37. The normalized spacial score (nSPS) is 17.5. The van der Waals surface area contributed by atoms with Crippen molar-refractivity contribution in [3.05, 3.63) is 29.3 Å². The number of nitrogen functional groups attached to an aromatic ring is 1. The third-order valence-corrected chi connectivity index (χ3v) is 4.70. The van der Waals surface area contributed by atoms with E-state index in [2.05, 4.69) is 45.5 Å². The molecule has 1 fully saturated rings. The maximum Gasteiger partial charge on any atom is 0.223 e. The second-order valence-electron chi connectivity index (χ2n) is 7.81. The van der Waals surface area contributed by atoms with E-state index in [1.165, 1.54) is 0 Å². The molecule has 2 N–H and O–H groups in total. The van der Waals surface area contributed by atoms with Crippen LogP contribution in [-0.4, -0.2) is 46.2 Å². The SMILES string of the molecule is CC(C)(C)c1ncc2c(n1)CN(c1cc(N3CCOCC3)nc(N)n1)C2. The van der Waals surface area contributed by atoms with E-state index >= 15 is 0 Å². The van der Waals surface area contributed by atoms with Crippen LogP contribution in [-0.2, 0) is 23.2 Å². The van der Waals surface area contributed by atoms with Crippen LogP contribution >= 0.6 is 0 Å². The van der Waals surface area contributed by atoms with Gasteiger partial charge in [0.05, 0.1) is 25.5 Å². The summed E-state index contributed by atoms with van der Waals surface area (Å²) >= 11 is 0. The molecule has 0 bridgehead atoms. The van der Waals surface area contributed by atoms with E-state index in [-0.39, 0.29) is 5.41 Å². The minimum Gasteiger partial charge on any atom is -0.378 e. The topological polar surface area (TPSA) is 93.3 Å². The van der Waals surface area contributed by atoms with Gasteiger partial charge in [-0.05, 0) is 0 Å². The summed E-state index contributed by atoms with van der Waals surface area (Å²) in [7, 11) is 0. The van der Waals surface area contributed by atoms with Crippen LogP contribution in [0, 0.1) is 0 Å². The van der Waals surface area contributed by atoms with E-state index in [0.29, 0.717) is 25.7 Å². The van der Waals surface area contributed by atoms with Gasteiger partial charge < -0.3 is 20.3 Å². The first-order chi connectivity index (χ1) is 12.4. The van der Waals surface area contributed by atoms with E-state index in [1.54, 1.807) is 0 Å². The van der Waals surface area contributed by atoms with E-state index in [0.717, 1.165) is 48.4 Å². The number of nitrogens with two attached hydrogens (primary N) is 1. The number of ether oxygens (including phenoxy) is 1. The summed E-state index contributed by atoms with van der Waals surface area (Å²) in [4.78, 5) is 22.5. The molecule has 138 valence electrons. The summed E-state index contributed by atoms with van der Waals surface area (Å²) in [5, 5.41) is 0. The zero-order valence-electron chi connectivity index (χ0n) is 15.6. The second kappa shape index (κ2) is 6.35. The first kappa shape index (κ1) is 17.0. The Morgan fingerprint density at radius 2 is 1.69 bits per heavy atom. The fourth-order valence-electron chi connectivity index (χ4n) is 3.23. The van der Waals surface area contributed by atoms with E-state index in [4.69, 9.17) is 15.5 Å². The Balaban J connectivity index is 1.59. The van der Waals surface area contributed by atoms with Gasteiger partial charge in [-0.2, -0.15) is 9.97 Å². The van der Waals surface area contributed by atoms with Crippen molar-refractivity contribution in [3.63, 3.8) is 0 Å². The van der Waals surface area contributed by atoms with Gasteiger partial charge in [0.2, 0.25) is 5.95 Å². The molecule has 8 heteroatoms. The summed E-state index contributed by atoms with van der Waals surface area (Å²) in [6.45, 7) is 10.9. The Morgan fingerprint density at radius 1 is 1.00 bits per heavy atom. The van der Waals surface area contributed by atoms with Gasteiger partial charge in [0.1, 0.15) is 17.5 Å². The van der Waals surface area contributed by atoms with Crippen molar-refractivity contribution in [1.82, 2.24) is 19.9 Å². The number of nitrogens with zero attached hydrogens (tertiary/aromatic N) is 6. The molecule has 0 saturated carbocycles. The van der Waals surface area contributed by atoms with Crippen LogP contribution in [0.25, 0.3) is 0 Å². The van der Waals surface area contributed by atoms with Gasteiger partial charge >= 0.3 is 0 Å². The standard InChI is InChI=1S/C18H25N7O/c1-18(2,3)16-20-9-12-10-25(11-13(12)21-16)15-8-14(22-17(19)23-15)24-4-6-26-7-5-24/h8-9H,4-7,10-11H2,1-3H3,(H2,19,22,23). The number of hydrogen-bond donors (Lipinski definition) is 1. The quantitative estimate of drug-likeness (QED) is 0.866. The highest BCUT2D eigenvalue weighted by molar-refractivity contribution is 5.56. The summed E-state index contributed by atoms with van der Waals surface area (Å²) < 4.78 is 5.42. The molecular formula is C18H25N7O. The predicted molar refractivity (Wildman–Crippen MR) is 100 cm³/mol. The monoisotopic (exact) mass is 355 g/mol. The van der Waals surface area contributed by atoms with Gasteiger partial charge in [0.15, 0.2) is 0 Å². The Morgan fingerprint density at radius 3 is 2.38 bits per heavy atom. The number of morpholine rings is 1. The second-order valence-corrected chi connectivity index (χ2v) is 7.81. The average Bonchev–Trinajstić information content (AvgIpc) is 3.04. The zero-order chi connectivity index (χ0) is 18.3. The van der Waals surface area contributed by atoms with Crippen LogP contribution < -0.4 is 15.5 Å². The summed E-state index contributed by atoms with van der Waals surface area (Å²) in [5.74, 6) is 2.85. The Kier molecular flexibility index (Phi) is 4.14. The van der Waals surface area contributed by atoms with Gasteiger partial charge in [-0.1, -0.05) is 20.8 Å². The lowest BCUT2D eigenvalue weighted by molar-refractivity contribution is 0.122.